The first-order valence-corrected chi connectivity index (χ1v) is 6.17. The molecule has 4 N–H and O–H groups in total. The second kappa shape index (κ2) is 5.67. The molecule has 0 spiro atoms. The van der Waals surface area contributed by atoms with Crippen LogP contribution in [0.2, 0.25) is 0 Å². The molecule has 0 fully saturated rings. The van der Waals surface area contributed by atoms with Gasteiger partial charge in [0.1, 0.15) is 0 Å². The predicted molar refractivity (Wildman–Crippen MR) is 74.6 cm³/mol. The molecule has 1 aromatic carbocycles. The van der Waals surface area contributed by atoms with E-state index in [0.717, 1.165) is 0 Å². The minimum atomic E-state index is -0.162. The molecule has 2 unspecified atom stereocenters. The van der Waals surface area contributed by atoms with Gasteiger partial charge in [0.25, 0.3) is 0 Å². The Hall–Kier alpha value is -2.14. The van der Waals surface area contributed by atoms with Crippen molar-refractivity contribution in [3.05, 3.63) is 36.4 Å². The van der Waals surface area contributed by atoms with Gasteiger partial charge in [0, 0.05) is 24.3 Å². The van der Waals surface area contributed by atoms with Crippen LogP contribution in [0.1, 0.15) is 13.3 Å². The molecular weight excluding hydrogens is 242 g/mol. The monoisotopic (exact) mass is 259 g/mol. The second-order valence-corrected chi connectivity index (χ2v) is 4.64. The SMILES string of the molecule is CC(=O)Nc1ccc(NC(=O)C2C=CC(N)C2)cc1. The molecule has 1 aliphatic carbocycles. The third kappa shape index (κ3) is 3.66. The van der Waals surface area contributed by atoms with E-state index in [1.54, 1.807) is 24.3 Å². The van der Waals surface area contributed by atoms with Crippen LogP contribution in [0.15, 0.2) is 36.4 Å². The Balaban J connectivity index is 1.94. The van der Waals surface area contributed by atoms with E-state index >= 15 is 0 Å². The highest BCUT2D eigenvalue weighted by Gasteiger charge is 2.22. The zero-order chi connectivity index (χ0) is 13.8. The highest BCUT2D eigenvalue weighted by Crippen LogP contribution is 2.19. The van der Waals surface area contributed by atoms with Crippen LogP contribution in [0, 0.1) is 5.92 Å². The lowest BCUT2D eigenvalue weighted by Gasteiger charge is -2.11. The lowest BCUT2D eigenvalue weighted by Crippen LogP contribution is -2.23. The number of nitrogens with one attached hydrogen (secondary N) is 2. The van der Waals surface area contributed by atoms with Gasteiger partial charge in [-0.3, -0.25) is 9.59 Å². The molecule has 0 aliphatic heterocycles. The van der Waals surface area contributed by atoms with E-state index in [4.69, 9.17) is 5.73 Å². The van der Waals surface area contributed by atoms with Crippen LogP contribution in [-0.2, 0) is 9.59 Å². The average Bonchev–Trinajstić information content (AvgIpc) is 2.78. The number of carbonyl (C=O) groups is 2. The maximum atomic E-state index is 11.9. The summed E-state index contributed by atoms with van der Waals surface area (Å²) in [6.07, 6.45) is 4.34. The predicted octanol–water partition coefficient (Wildman–Crippen LogP) is 1.49. The summed E-state index contributed by atoms with van der Waals surface area (Å²) in [6, 6.07) is 6.96. The fourth-order valence-electron chi connectivity index (χ4n) is 2.00. The van der Waals surface area contributed by atoms with Crippen LogP contribution in [-0.4, -0.2) is 17.9 Å². The van der Waals surface area contributed by atoms with Gasteiger partial charge in [-0.1, -0.05) is 12.2 Å². The molecule has 0 radical (unpaired) electrons. The lowest BCUT2D eigenvalue weighted by molar-refractivity contribution is -0.118. The van der Waals surface area contributed by atoms with E-state index in [1.165, 1.54) is 6.92 Å². The van der Waals surface area contributed by atoms with E-state index in [2.05, 4.69) is 10.6 Å². The van der Waals surface area contributed by atoms with Crippen molar-refractivity contribution in [1.82, 2.24) is 0 Å². The molecule has 19 heavy (non-hydrogen) atoms. The average molecular weight is 259 g/mol. The van der Waals surface area contributed by atoms with E-state index in [9.17, 15) is 9.59 Å². The number of nitrogens with two attached hydrogens (primary N) is 1. The van der Waals surface area contributed by atoms with Crippen LogP contribution < -0.4 is 16.4 Å². The molecule has 0 heterocycles. The molecule has 0 saturated heterocycles. The molecule has 2 rings (SSSR count). The Morgan fingerprint density at radius 3 is 2.16 bits per heavy atom. The first-order valence-electron chi connectivity index (χ1n) is 6.17. The van der Waals surface area contributed by atoms with Crippen LogP contribution in [0.3, 0.4) is 0 Å². The maximum absolute atomic E-state index is 11.9. The van der Waals surface area contributed by atoms with Gasteiger partial charge in [-0.15, -0.1) is 0 Å². The normalized spacial score (nSPS) is 21.2. The topological polar surface area (TPSA) is 84.2 Å². The van der Waals surface area contributed by atoms with Gasteiger partial charge in [-0.2, -0.15) is 0 Å². The summed E-state index contributed by atoms with van der Waals surface area (Å²) in [4.78, 5) is 22.8. The third-order valence-corrected chi connectivity index (χ3v) is 2.93. The zero-order valence-corrected chi connectivity index (χ0v) is 10.7. The van der Waals surface area contributed by atoms with Crippen molar-refractivity contribution in [1.29, 1.82) is 0 Å². The third-order valence-electron chi connectivity index (χ3n) is 2.93. The number of hydrogen-bond donors (Lipinski definition) is 3. The lowest BCUT2D eigenvalue weighted by atomic mass is 10.1. The Kier molecular flexibility index (Phi) is 3.97. The van der Waals surface area contributed by atoms with Crippen molar-refractivity contribution in [2.45, 2.75) is 19.4 Å². The van der Waals surface area contributed by atoms with Crippen LogP contribution >= 0.6 is 0 Å². The Morgan fingerprint density at radius 2 is 1.68 bits per heavy atom. The van der Waals surface area contributed by atoms with Gasteiger partial charge < -0.3 is 16.4 Å². The largest absolute Gasteiger partial charge is 0.326 e. The highest BCUT2D eigenvalue weighted by molar-refractivity contribution is 5.94. The van der Waals surface area contributed by atoms with Crippen molar-refractivity contribution in [2.75, 3.05) is 10.6 Å². The standard InChI is InChI=1S/C14H17N3O2/c1-9(18)16-12-4-6-13(7-5-12)17-14(19)10-2-3-11(15)8-10/h2-7,10-11H,8,15H2,1H3,(H,16,18)(H,17,19). The van der Waals surface area contributed by atoms with Gasteiger partial charge in [0.05, 0.1) is 5.92 Å². The zero-order valence-electron chi connectivity index (χ0n) is 10.7. The fourth-order valence-corrected chi connectivity index (χ4v) is 2.00. The molecule has 100 valence electrons. The molecule has 0 bridgehead atoms. The molecule has 1 aliphatic rings. The molecule has 5 heteroatoms. The number of rotatable bonds is 3. The molecule has 2 amide bonds. The molecule has 2 atom stereocenters. The number of benzene rings is 1. The van der Waals surface area contributed by atoms with Gasteiger partial charge >= 0.3 is 0 Å². The van der Waals surface area contributed by atoms with Crippen LogP contribution in [0.25, 0.3) is 0 Å². The second-order valence-electron chi connectivity index (χ2n) is 4.64. The summed E-state index contributed by atoms with van der Waals surface area (Å²) in [5, 5.41) is 5.49. The minimum absolute atomic E-state index is 0.0297. The first kappa shape index (κ1) is 13.3. The van der Waals surface area contributed by atoms with Gasteiger partial charge in [0.15, 0.2) is 0 Å². The summed E-state index contributed by atoms with van der Waals surface area (Å²) >= 11 is 0. The first-order chi connectivity index (χ1) is 9.04. The maximum Gasteiger partial charge on any atom is 0.231 e. The Morgan fingerprint density at radius 1 is 1.11 bits per heavy atom. The number of carbonyl (C=O) groups excluding carboxylic acids is 2. The van der Waals surface area contributed by atoms with Crippen molar-refractivity contribution < 1.29 is 9.59 Å². The van der Waals surface area contributed by atoms with Crippen LogP contribution in [0.4, 0.5) is 11.4 Å². The van der Waals surface area contributed by atoms with E-state index in [-0.39, 0.29) is 23.8 Å². The van der Waals surface area contributed by atoms with Gasteiger partial charge in [0.2, 0.25) is 11.8 Å². The smallest absolute Gasteiger partial charge is 0.231 e. The van der Waals surface area contributed by atoms with Crippen molar-refractivity contribution >= 4 is 23.2 Å². The van der Waals surface area contributed by atoms with Gasteiger partial charge in [-0.05, 0) is 30.7 Å². The van der Waals surface area contributed by atoms with Crippen molar-refractivity contribution in [3.63, 3.8) is 0 Å². The Bertz CT molecular complexity index is 508. The molecule has 0 aromatic heterocycles. The summed E-state index contributed by atoms with van der Waals surface area (Å²) in [5.74, 6) is -0.344. The van der Waals surface area contributed by atoms with Gasteiger partial charge in [-0.25, -0.2) is 0 Å². The molecule has 5 nitrogen and oxygen atoms in total. The van der Waals surface area contributed by atoms with Crippen molar-refractivity contribution in [2.24, 2.45) is 11.7 Å². The summed E-state index contributed by atoms with van der Waals surface area (Å²) in [5.41, 5.74) is 7.12. The fraction of sp³-hybridized carbons (Fsp3) is 0.286. The van der Waals surface area contributed by atoms with Crippen LogP contribution in [0.5, 0.6) is 0 Å². The number of hydrogen-bond acceptors (Lipinski definition) is 3. The summed E-state index contributed by atoms with van der Waals surface area (Å²) in [7, 11) is 0. The summed E-state index contributed by atoms with van der Waals surface area (Å²) in [6.45, 7) is 1.45. The summed E-state index contributed by atoms with van der Waals surface area (Å²) < 4.78 is 0. The van der Waals surface area contributed by atoms with E-state index < -0.39 is 0 Å². The highest BCUT2D eigenvalue weighted by atomic mass is 16.2. The number of amides is 2. The van der Waals surface area contributed by atoms with Crippen molar-refractivity contribution in [3.8, 4) is 0 Å². The minimum Gasteiger partial charge on any atom is -0.326 e. The Labute approximate surface area is 111 Å². The van der Waals surface area contributed by atoms with E-state index in [1.807, 2.05) is 12.2 Å². The quantitative estimate of drug-likeness (QED) is 0.719. The molecule has 0 saturated carbocycles. The molecule has 1 aromatic rings. The molecular formula is C14H17N3O2. The number of anilines is 2. The van der Waals surface area contributed by atoms with E-state index in [0.29, 0.717) is 17.8 Å².